The molecule has 19 heteroatoms. The Kier molecular flexibility index (Phi) is 17.6. The molecule has 6 rings (SSSR count). The van der Waals surface area contributed by atoms with Gasteiger partial charge in [0.1, 0.15) is 33.0 Å². The van der Waals surface area contributed by atoms with Crippen molar-refractivity contribution < 1.29 is 45.3 Å². The Bertz CT molecular complexity index is 1900. The lowest BCUT2D eigenvalue weighted by atomic mass is 9.94. The molecule has 2 aromatic heterocycles. The summed E-state index contributed by atoms with van der Waals surface area (Å²) in [5.74, 6) is 2.24. The maximum absolute atomic E-state index is 12.3. The molecule has 57 heavy (non-hydrogen) atoms. The number of benzene rings is 2. The van der Waals surface area contributed by atoms with Gasteiger partial charge in [-0.15, -0.1) is 26.3 Å². The Balaban J connectivity index is 0.000000217. The minimum Gasteiger partial charge on any atom is -0.454 e. The van der Waals surface area contributed by atoms with E-state index in [2.05, 4.69) is 43.5 Å². The molecule has 8 nitrogen and oxygen atoms in total. The van der Waals surface area contributed by atoms with E-state index < -0.39 is 24.2 Å². The van der Waals surface area contributed by atoms with Crippen LogP contribution in [0.3, 0.4) is 0 Å². The number of hydrogen-bond acceptors (Lipinski definition) is 8. The molecule has 2 saturated heterocycles. The number of nitrogens with zero attached hydrogens (tertiary/aromatic N) is 3. The molecule has 0 atom stereocenters. The molecule has 312 valence electrons. The SMILES string of the molecule is CCC1CCN(c2nccc(Oc3ccc(OC(F)(F)F)cc3Cl)c2Cl)CC1.CCC1CCNCC1.FC(F)(F)Oc1ccc(Oc2ccnc(Cl)c2Cl)c(Cl)c1. The fourth-order valence-electron chi connectivity index (χ4n) is 5.80. The number of piperidine rings is 2. The predicted octanol–water partition coefficient (Wildman–Crippen LogP) is 13.8. The Morgan fingerprint density at radius 1 is 0.632 bits per heavy atom. The van der Waals surface area contributed by atoms with Crippen molar-refractivity contribution >= 4 is 63.8 Å². The summed E-state index contributed by atoms with van der Waals surface area (Å²) < 4.78 is 91.9. The normalized spacial score (nSPS) is 15.1. The Morgan fingerprint density at radius 3 is 1.53 bits per heavy atom. The lowest BCUT2D eigenvalue weighted by Crippen LogP contribution is -2.34. The van der Waals surface area contributed by atoms with Crippen LogP contribution in [0.5, 0.6) is 34.5 Å². The summed E-state index contributed by atoms with van der Waals surface area (Å²) in [6, 6.07) is 9.73. The second-order valence-electron chi connectivity index (χ2n) is 12.8. The van der Waals surface area contributed by atoms with Crippen LogP contribution in [0.2, 0.25) is 25.2 Å². The fraction of sp³-hybridized carbons (Fsp3) is 0.421. The number of pyridine rings is 2. The molecular formula is C38H39Cl5F6N4O4. The van der Waals surface area contributed by atoms with Crippen LogP contribution in [0.1, 0.15) is 52.4 Å². The van der Waals surface area contributed by atoms with Crippen molar-refractivity contribution in [2.24, 2.45) is 11.8 Å². The first-order valence-electron chi connectivity index (χ1n) is 17.8. The van der Waals surface area contributed by atoms with E-state index in [4.69, 9.17) is 67.5 Å². The maximum Gasteiger partial charge on any atom is 0.573 e. The summed E-state index contributed by atoms with van der Waals surface area (Å²) in [6.45, 7) is 8.69. The predicted molar refractivity (Wildman–Crippen MR) is 211 cm³/mol. The van der Waals surface area contributed by atoms with Gasteiger partial charge in [0.2, 0.25) is 0 Å². The van der Waals surface area contributed by atoms with Crippen molar-refractivity contribution in [2.75, 3.05) is 31.1 Å². The van der Waals surface area contributed by atoms with E-state index in [1.54, 1.807) is 12.3 Å². The molecule has 4 aromatic rings. The van der Waals surface area contributed by atoms with E-state index in [9.17, 15) is 26.3 Å². The monoisotopic (exact) mass is 904 g/mol. The highest BCUT2D eigenvalue weighted by atomic mass is 35.5. The van der Waals surface area contributed by atoms with Crippen LogP contribution < -0.4 is 29.2 Å². The van der Waals surface area contributed by atoms with Gasteiger partial charge in [-0.2, -0.15) is 0 Å². The van der Waals surface area contributed by atoms with Gasteiger partial charge >= 0.3 is 12.7 Å². The highest BCUT2D eigenvalue weighted by molar-refractivity contribution is 6.42. The zero-order chi connectivity index (χ0) is 41.8. The van der Waals surface area contributed by atoms with E-state index in [1.807, 2.05) is 0 Å². The molecule has 1 N–H and O–H groups in total. The molecule has 0 spiro atoms. The third-order valence-electron chi connectivity index (χ3n) is 8.89. The molecule has 2 aliphatic heterocycles. The van der Waals surface area contributed by atoms with Crippen LogP contribution in [0.25, 0.3) is 0 Å². The van der Waals surface area contributed by atoms with Gasteiger partial charge in [0.15, 0.2) is 22.5 Å². The van der Waals surface area contributed by atoms with Crippen LogP contribution in [0.15, 0.2) is 60.9 Å². The van der Waals surface area contributed by atoms with Crippen LogP contribution in [0.4, 0.5) is 32.2 Å². The van der Waals surface area contributed by atoms with Gasteiger partial charge in [0.05, 0.1) is 10.0 Å². The number of rotatable bonds is 9. The molecule has 0 bridgehead atoms. The van der Waals surface area contributed by atoms with E-state index in [0.717, 1.165) is 62.5 Å². The first kappa shape index (κ1) is 46.4. The molecule has 2 aromatic carbocycles. The van der Waals surface area contributed by atoms with Crippen molar-refractivity contribution in [3.05, 3.63) is 86.2 Å². The van der Waals surface area contributed by atoms with Crippen molar-refractivity contribution in [3.63, 3.8) is 0 Å². The van der Waals surface area contributed by atoms with Gasteiger partial charge in [0.25, 0.3) is 0 Å². The topological polar surface area (TPSA) is 78.0 Å². The van der Waals surface area contributed by atoms with Gasteiger partial charge < -0.3 is 29.2 Å². The average molecular weight is 907 g/mol. The standard InChI is InChI=1S/C19H19Cl2F3N2O2.C12H5Cl3F3NO2.C7H15N/c1-2-12-6-9-26(10-7-12)18-17(21)16(5-8-25-18)27-15-4-3-13(11-14(15)20)28-19(22,23)24;13-7-5-6(21-12(16,17)18)1-2-8(7)20-9-3-4-19-11(15)10(9)14;1-2-7-3-5-8-6-4-7/h3-5,8,11-12H,2,6-7,9-10H2,1H3;1-5H;7-8H,2-6H2,1H3. The minimum atomic E-state index is -4.80. The summed E-state index contributed by atoms with van der Waals surface area (Å²) in [7, 11) is 0. The highest BCUT2D eigenvalue weighted by Crippen LogP contribution is 2.41. The smallest absolute Gasteiger partial charge is 0.454 e. The lowest BCUT2D eigenvalue weighted by Gasteiger charge is -2.33. The first-order valence-corrected chi connectivity index (χ1v) is 19.7. The third kappa shape index (κ3) is 15.1. The quantitative estimate of drug-likeness (QED) is 0.131. The molecule has 0 amide bonds. The molecule has 2 fully saturated rings. The Hall–Kier alpha value is -3.27. The number of nitrogens with one attached hydrogen (secondary N) is 1. The van der Waals surface area contributed by atoms with Gasteiger partial charge in [-0.05, 0) is 74.9 Å². The lowest BCUT2D eigenvalue weighted by molar-refractivity contribution is -0.275. The number of halogens is 11. The van der Waals surface area contributed by atoms with Gasteiger partial charge in [-0.3, -0.25) is 0 Å². The summed E-state index contributed by atoms with van der Waals surface area (Å²) in [5, 5.41) is 3.67. The van der Waals surface area contributed by atoms with Crippen LogP contribution in [-0.2, 0) is 0 Å². The van der Waals surface area contributed by atoms with Crippen LogP contribution in [-0.4, -0.2) is 48.9 Å². The van der Waals surface area contributed by atoms with Gasteiger partial charge in [-0.25, -0.2) is 9.97 Å². The van der Waals surface area contributed by atoms with Crippen molar-refractivity contribution in [3.8, 4) is 34.5 Å². The third-order valence-corrected chi connectivity index (χ3v) is 10.6. The maximum atomic E-state index is 12.3. The van der Waals surface area contributed by atoms with Crippen molar-refractivity contribution in [1.82, 2.24) is 15.3 Å². The molecule has 0 unspecified atom stereocenters. The fourth-order valence-corrected chi connectivity index (χ4v) is 6.79. The minimum absolute atomic E-state index is 0.0278. The second-order valence-corrected chi connectivity index (χ2v) is 14.7. The number of anilines is 1. The van der Waals surface area contributed by atoms with Crippen LogP contribution >= 0.6 is 58.0 Å². The molecule has 2 aliphatic rings. The molecule has 0 saturated carbocycles. The van der Waals surface area contributed by atoms with Crippen LogP contribution in [0, 0.1) is 11.8 Å². The number of alkyl halides is 6. The molecule has 4 heterocycles. The largest absolute Gasteiger partial charge is 0.573 e. The van der Waals surface area contributed by atoms with Crippen molar-refractivity contribution in [2.45, 2.75) is 65.1 Å². The number of ether oxygens (including phenoxy) is 4. The summed E-state index contributed by atoms with van der Waals surface area (Å²) in [4.78, 5) is 10.2. The first-order chi connectivity index (χ1) is 27.0. The Labute approximate surface area is 351 Å². The van der Waals surface area contributed by atoms with Crippen molar-refractivity contribution in [1.29, 1.82) is 0 Å². The highest BCUT2D eigenvalue weighted by Gasteiger charge is 2.32. The zero-order valence-electron chi connectivity index (χ0n) is 30.6. The Morgan fingerprint density at radius 2 is 1.09 bits per heavy atom. The van der Waals surface area contributed by atoms with E-state index in [1.165, 1.54) is 56.7 Å². The van der Waals surface area contributed by atoms with E-state index >= 15 is 0 Å². The van der Waals surface area contributed by atoms with E-state index in [0.29, 0.717) is 22.5 Å². The summed E-state index contributed by atoms with van der Waals surface area (Å²) in [5.41, 5.74) is 0. The number of aromatic nitrogens is 2. The van der Waals surface area contributed by atoms with Gasteiger partial charge in [0, 0.05) is 49.7 Å². The average Bonchev–Trinajstić information content (AvgIpc) is 3.16. The summed E-state index contributed by atoms with van der Waals surface area (Å²) >= 11 is 30.0. The molecular weight excluding hydrogens is 868 g/mol. The van der Waals surface area contributed by atoms with E-state index in [-0.39, 0.29) is 37.5 Å². The number of hydrogen-bond donors (Lipinski definition) is 1. The second kappa shape index (κ2) is 21.7. The zero-order valence-corrected chi connectivity index (χ0v) is 34.4. The molecule has 0 aliphatic carbocycles. The molecule has 0 radical (unpaired) electrons. The van der Waals surface area contributed by atoms with Gasteiger partial charge in [-0.1, -0.05) is 84.7 Å². The summed E-state index contributed by atoms with van der Waals surface area (Å²) in [6.07, 6.45) is 0.835.